The van der Waals surface area contributed by atoms with Gasteiger partial charge in [0.1, 0.15) is 16.6 Å². The minimum atomic E-state index is -4.77. The Morgan fingerprint density at radius 3 is 2.42 bits per heavy atom. The lowest BCUT2D eigenvalue weighted by Gasteiger charge is -2.22. The zero-order valence-electron chi connectivity index (χ0n) is 20.6. The van der Waals surface area contributed by atoms with Crippen LogP contribution in [0.1, 0.15) is 41.5 Å². The molecule has 0 spiro atoms. The molecule has 1 atom stereocenters. The van der Waals surface area contributed by atoms with Crippen molar-refractivity contribution in [3.63, 3.8) is 0 Å². The molecule has 2 heterocycles. The molecule has 14 heteroatoms. The van der Waals surface area contributed by atoms with Gasteiger partial charge in [0.2, 0.25) is 0 Å². The maximum absolute atomic E-state index is 13.9. The lowest BCUT2D eigenvalue weighted by molar-refractivity contribution is -0.139. The van der Waals surface area contributed by atoms with Gasteiger partial charge >= 0.3 is 12.4 Å². The Balaban J connectivity index is 1.46. The predicted octanol–water partition coefficient (Wildman–Crippen LogP) is 7.37. The Kier molecular flexibility index (Phi) is 8.88. The van der Waals surface area contributed by atoms with Crippen molar-refractivity contribution in [2.45, 2.75) is 54.9 Å². The van der Waals surface area contributed by atoms with E-state index in [1.54, 1.807) is 0 Å². The molecule has 1 saturated heterocycles. The van der Waals surface area contributed by atoms with E-state index in [-0.39, 0.29) is 51.2 Å². The second-order valence-corrected chi connectivity index (χ2v) is 12.9. The van der Waals surface area contributed by atoms with Crippen molar-refractivity contribution < 1.29 is 44.3 Å². The predicted molar refractivity (Wildman–Crippen MR) is 137 cm³/mol. The highest BCUT2D eigenvalue weighted by molar-refractivity contribution is 7.91. The summed E-state index contributed by atoms with van der Waals surface area (Å²) in [5, 5.41) is 0. The van der Waals surface area contributed by atoms with Crippen molar-refractivity contribution in [2.24, 2.45) is 0 Å². The molecule has 5 nitrogen and oxygen atoms in total. The Morgan fingerprint density at radius 1 is 1.02 bits per heavy atom. The van der Waals surface area contributed by atoms with Gasteiger partial charge in [-0.25, -0.2) is 8.42 Å². The number of rotatable bonds is 9. The summed E-state index contributed by atoms with van der Waals surface area (Å²) in [4.78, 5) is 13.0. The van der Waals surface area contributed by atoms with Gasteiger partial charge in [0.05, 0.1) is 21.5 Å². The van der Waals surface area contributed by atoms with E-state index in [9.17, 15) is 39.6 Å². The molecule has 1 aliphatic heterocycles. The number of hydrogen-bond acceptors (Lipinski definition) is 5. The summed E-state index contributed by atoms with van der Waals surface area (Å²) >= 11 is 6.71. The van der Waals surface area contributed by atoms with Crippen LogP contribution in [0, 0.1) is 0 Å². The van der Waals surface area contributed by atoms with Gasteiger partial charge < -0.3 is 4.74 Å². The third kappa shape index (κ3) is 6.99. The zero-order valence-corrected chi connectivity index (χ0v) is 22.9. The van der Waals surface area contributed by atoms with Crippen LogP contribution in [-0.2, 0) is 40.2 Å². The molecule has 0 amide bonds. The topological polar surface area (TPSA) is 63.7 Å². The molecule has 2 aromatic carbocycles. The Labute approximate surface area is 235 Å². The normalized spacial score (nSPS) is 16.8. The van der Waals surface area contributed by atoms with Gasteiger partial charge in [0, 0.05) is 13.0 Å². The van der Waals surface area contributed by atoms with E-state index in [0.717, 1.165) is 39.9 Å². The van der Waals surface area contributed by atoms with Crippen LogP contribution in [0.2, 0.25) is 4.34 Å². The average Bonchev–Trinajstić information content (AvgIpc) is 3.56. The van der Waals surface area contributed by atoms with Gasteiger partial charge in [-0.15, -0.1) is 11.3 Å². The highest BCUT2D eigenvalue weighted by atomic mass is 35.5. The van der Waals surface area contributed by atoms with Gasteiger partial charge in [-0.05, 0) is 66.8 Å². The summed E-state index contributed by atoms with van der Waals surface area (Å²) in [6.07, 6.45) is -9.27. The fourth-order valence-corrected chi connectivity index (χ4v) is 7.74. The first-order chi connectivity index (χ1) is 18.7. The molecular weight excluding hydrogens is 604 g/mol. The second-order valence-electron chi connectivity index (χ2n) is 9.10. The maximum atomic E-state index is 13.9. The summed E-state index contributed by atoms with van der Waals surface area (Å²) in [6.45, 7) is -0.298. The van der Waals surface area contributed by atoms with Crippen molar-refractivity contribution >= 4 is 38.7 Å². The molecule has 0 N–H and O–H groups in total. The molecule has 40 heavy (non-hydrogen) atoms. The number of halogens is 7. The van der Waals surface area contributed by atoms with Crippen LogP contribution in [0.15, 0.2) is 58.8 Å². The first kappa shape index (κ1) is 30.4. The fraction of sp³-hybridized carbons (Fsp3) is 0.346. The SMILES string of the molecule is O=C(CCc1ccc(COc2cccc(C(F)(F)F)c2)cc1C(F)(F)F)[C@@H]1CCCN1S(=O)(=O)c1ccc(Cl)s1. The van der Waals surface area contributed by atoms with E-state index < -0.39 is 51.9 Å². The molecule has 1 aromatic heterocycles. The van der Waals surface area contributed by atoms with Crippen LogP contribution in [0.4, 0.5) is 26.3 Å². The van der Waals surface area contributed by atoms with Crippen LogP contribution in [0.5, 0.6) is 5.75 Å². The Hall–Kier alpha value is -2.61. The molecule has 4 rings (SSSR count). The number of carbonyl (C=O) groups excluding carboxylic acids is 1. The zero-order chi connectivity index (χ0) is 29.3. The molecule has 1 fully saturated rings. The number of thiophene rings is 1. The number of carbonyl (C=O) groups is 1. The minimum absolute atomic E-state index is 0.0144. The standard InChI is InChI=1S/C26H22ClF6NO4S2/c27-23-10-11-24(39-23)40(36,37)34-12-2-5-21(34)22(35)9-8-17-7-6-16(13-20(17)26(31,32)33)15-38-19-4-1-3-18(14-19)25(28,29)30/h1,3-4,6-7,10-11,13-14,21H,2,5,8-9,12,15H2/t21-/m0/s1. The van der Waals surface area contributed by atoms with Crippen molar-refractivity contribution in [3.8, 4) is 5.75 Å². The first-order valence-corrected chi connectivity index (χ1v) is 14.6. The Morgan fingerprint density at radius 2 is 1.77 bits per heavy atom. The van der Waals surface area contributed by atoms with Crippen LogP contribution in [-0.4, -0.2) is 31.1 Å². The number of sulfonamides is 1. The van der Waals surface area contributed by atoms with Gasteiger partial charge in [-0.3, -0.25) is 4.79 Å². The highest BCUT2D eigenvalue weighted by Gasteiger charge is 2.40. The Bertz CT molecular complexity index is 1490. The number of Topliss-reactive ketones (excluding diaryl/α,β-unsaturated/α-hetero) is 1. The van der Waals surface area contributed by atoms with Gasteiger partial charge in [-0.1, -0.05) is 29.8 Å². The first-order valence-electron chi connectivity index (χ1n) is 12.0. The minimum Gasteiger partial charge on any atom is -0.489 e. The number of aryl methyl sites for hydroxylation is 1. The summed E-state index contributed by atoms with van der Waals surface area (Å²) in [6, 6.07) is 9.15. The van der Waals surface area contributed by atoms with Crippen LogP contribution in [0.3, 0.4) is 0 Å². The van der Waals surface area contributed by atoms with E-state index in [0.29, 0.717) is 6.42 Å². The van der Waals surface area contributed by atoms with Crippen molar-refractivity contribution in [1.82, 2.24) is 4.31 Å². The molecule has 0 bridgehead atoms. The molecular formula is C26H22ClF6NO4S2. The van der Waals surface area contributed by atoms with Crippen LogP contribution < -0.4 is 4.74 Å². The molecule has 3 aromatic rings. The summed E-state index contributed by atoms with van der Waals surface area (Å²) in [5.41, 5.74) is -2.05. The maximum Gasteiger partial charge on any atom is 0.416 e. The number of alkyl halides is 6. The van der Waals surface area contributed by atoms with E-state index in [4.69, 9.17) is 16.3 Å². The molecule has 0 unspecified atom stereocenters. The fourth-order valence-electron chi connectivity index (χ4n) is 4.45. The van der Waals surface area contributed by atoms with Gasteiger partial charge in [0.15, 0.2) is 5.78 Å². The van der Waals surface area contributed by atoms with E-state index in [1.807, 2.05) is 0 Å². The smallest absolute Gasteiger partial charge is 0.416 e. The number of hydrogen-bond donors (Lipinski definition) is 0. The summed E-state index contributed by atoms with van der Waals surface area (Å²) in [5.74, 6) is -0.646. The summed E-state index contributed by atoms with van der Waals surface area (Å²) in [7, 11) is -3.98. The average molecular weight is 626 g/mol. The molecule has 0 saturated carbocycles. The monoisotopic (exact) mass is 625 g/mol. The summed E-state index contributed by atoms with van der Waals surface area (Å²) < 4.78 is 113. The van der Waals surface area contributed by atoms with Crippen LogP contribution in [0.25, 0.3) is 0 Å². The molecule has 216 valence electrons. The van der Waals surface area contributed by atoms with E-state index >= 15 is 0 Å². The number of ketones is 1. The largest absolute Gasteiger partial charge is 0.489 e. The van der Waals surface area contributed by atoms with Crippen LogP contribution >= 0.6 is 22.9 Å². The molecule has 1 aliphatic rings. The van der Waals surface area contributed by atoms with E-state index in [2.05, 4.69) is 0 Å². The van der Waals surface area contributed by atoms with Gasteiger partial charge in [-0.2, -0.15) is 30.6 Å². The lowest BCUT2D eigenvalue weighted by atomic mass is 9.97. The molecule has 0 aliphatic carbocycles. The van der Waals surface area contributed by atoms with Crippen molar-refractivity contribution in [1.29, 1.82) is 0 Å². The quantitative estimate of drug-likeness (QED) is 0.233. The lowest BCUT2D eigenvalue weighted by Crippen LogP contribution is -2.40. The van der Waals surface area contributed by atoms with Gasteiger partial charge in [0.25, 0.3) is 10.0 Å². The van der Waals surface area contributed by atoms with Crippen molar-refractivity contribution in [2.75, 3.05) is 6.54 Å². The van der Waals surface area contributed by atoms with Crippen molar-refractivity contribution in [3.05, 3.63) is 81.2 Å². The number of nitrogens with zero attached hydrogens (tertiary/aromatic N) is 1. The highest BCUT2D eigenvalue weighted by Crippen LogP contribution is 2.36. The third-order valence-electron chi connectivity index (χ3n) is 6.37. The molecule has 0 radical (unpaired) electrons. The third-order valence-corrected chi connectivity index (χ3v) is 9.98. The number of benzene rings is 2. The number of ether oxygens (including phenoxy) is 1. The second kappa shape index (κ2) is 11.7. The van der Waals surface area contributed by atoms with E-state index in [1.165, 1.54) is 30.3 Å².